The molecule has 3 rings (SSSR count). The van der Waals surface area contributed by atoms with Crippen LogP contribution in [0.3, 0.4) is 0 Å². The van der Waals surface area contributed by atoms with E-state index in [1.807, 2.05) is 18.2 Å². The first-order valence-electron chi connectivity index (χ1n) is 5.80. The number of Topliss-reactive ketones (excluding diaryl/α,β-unsaturated/α-hetero) is 1. The summed E-state index contributed by atoms with van der Waals surface area (Å²) in [7, 11) is 0. The van der Waals surface area contributed by atoms with Crippen LogP contribution in [0.15, 0.2) is 18.2 Å². The summed E-state index contributed by atoms with van der Waals surface area (Å²) in [5, 5.41) is 1.00. The SMILES string of the molecule is C.CC(=O)c1cc2c3c(ccc2[nH]1)N(C(N)=O)CC3. The van der Waals surface area contributed by atoms with E-state index >= 15 is 0 Å². The number of nitrogens with one attached hydrogen (secondary N) is 1. The first kappa shape index (κ1) is 13.1. The van der Waals surface area contributed by atoms with E-state index in [-0.39, 0.29) is 13.2 Å². The molecule has 1 aromatic carbocycles. The summed E-state index contributed by atoms with van der Waals surface area (Å²) < 4.78 is 0. The zero-order valence-corrected chi connectivity index (χ0v) is 9.99. The van der Waals surface area contributed by atoms with Gasteiger partial charge in [0.15, 0.2) is 5.78 Å². The molecule has 0 unspecified atom stereocenters. The summed E-state index contributed by atoms with van der Waals surface area (Å²) in [6, 6.07) is 5.16. The van der Waals surface area contributed by atoms with Crippen LogP contribution in [0.2, 0.25) is 0 Å². The van der Waals surface area contributed by atoms with Crippen molar-refractivity contribution in [2.24, 2.45) is 5.73 Å². The Hall–Kier alpha value is -2.30. The molecule has 5 heteroatoms. The van der Waals surface area contributed by atoms with Crippen molar-refractivity contribution in [3.63, 3.8) is 0 Å². The van der Waals surface area contributed by atoms with E-state index in [4.69, 9.17) is 5.73 Å². The third kappa shape index (κ3) is 1.87. The molecular formula is C14H17N3O2. The largest absolute Gasteiger partial charge is 0.352 e. The Morgan fingerprint density at radius 3 is 2.74 bits per heavy atom. The number of benzene rings is 1. The van der Waals surface area contributed by atoms with Gasteiger partial charge in [0.05, 0.1) is 5.69 Å². The minimum Gasteiger partial charge on any atom is -0.352 e. The fourth-order valence-corrected chi connectivity index (χ4v) is 2.53. The highest BCUT2D eigenvalue weighted by Crippen LogP contribution is 2.34. The van der Waals surface area contributed by atoms with Gasteiger partial charge in [-0.05, 0) is 30.2 Å². The highest BCUT2D eigenvalue weighted by atomic mass is 16.2. The molecule has 0 fully saturated rings. The van der Waals surface area contributed by atoms with E-state index < -0.39 is 6.03 Å². The second kappa shape index (κ2) is 4.42. The minimum absolute atomic E-state index is 0. The Labute approximate surface area is 111 Å². The maximum Gasteiger partial charge on any atom is 0.319 e. The second-order valence-corrected chi connectivity index (χ2v) is 4.50. The average Bonchev–Trinajstić information content (AvgIpc) is 2.91. The van der Waals surface area contributed by atoms with E-state index in [9.17, 15) is 9.59 Å². The zero-order chi connectivity index (χ0) is 12.9. The molecule has 1 aromatic heterocycles. The van der Waals surface area contributed by atoms with Crippen molar-refractivity contribution in [3.8, 4) is 0 Å². The summed E-state index contributed by atoms with van der Waals surface area (Å²) in [6.45, 7) is 2.13. The lowest BCUT2D eigenvalue weighted by Gasteiger charge is -2.13. The molecule has 5 nitrogen and oxygen atoms in total. The van der Waals surface area contributed by atoms with E-state index in [1.165, 1.54) is 6.92 Å². The number of urea groups is 1. The summed E-state index contributed by atoms with van der Waals surface area (Å²) in [4.78, 5) is 27.3. The van der Waals surface area contributed by atoms with Gasteiger partial charge < -0.3 is 10.7 Å². The van der Waals surface area contributed by atoms with Gasteiger partial charge in [-0.25, -0.2) is 4.79 Å². The van der Waals surface area contributed by atoms with Crippen molar-refractivity contribution in [1.82, 2.24) is 4.98 Å². The third-order valence-corrected chi connectivity index (χ3v) is 3.41. The number of nitrogens with two attached hydrogens (primary N) is 1. The number of H-pyrrole nitrogens is 1. The summed E-state index contributed by atoms with van der Waals surface area (Å²) in [6.07, 6.45) is 0.769. The van der Waals surface area contributed by atoms with Crippen molar-refractivity contribution in [1.29, 1.82) is 0 Å². The Morgan fingerprint density at radius 2 is 2.11 bits per heavy atom. The molecule has 0 spiro atoms. The first-order valence-corrected chi connectivity index (χ1v) is 5.80. The predicted molar refractivity (Wildman–Crippen MR) is 75.7 cm³/mol. The highest BCUT2D eigenvalue weighted by molar-refractivity contribution is 6.02. The molecule has 0 radical (unpaired) electrons. The number of amides is 2. The van der Waals surface area contributed by atoms with Gasteiger partial charge >= 0.3 is 6.03 Å². The molecule has 0 saturated heterocycles. The lowest BCUT2D eigenvalue weighted by Crippen LogP contribution is -2.33. The maximum absolute atomic E-state index is 11.4. The van der Waals surface area contributed by atoms with Crippen molar-refractivity contribution in [2.75, 3.05) is 11.4 Å². The number of aromatic nitrogens is 1. The van der Waals surface area contributed by atoms with Gasteiger partial charge in [0.1, 0.15) is 0 Å². The topological polar surface area (TPSA) is 79.2 Å². The van der Waals surface area contributed by atoms with Crippen molar-refractivity contribution >= 4 is 28.4 Å². The van der Waals surface area contributed by atoms with E-state index in [2.05, 4.69) is 4.98 Å². The fourth-order valence-electron chi connectivity index (χ4n) is 2.53. The molecule has 0 aliphatic carbocycles. The van der Waals surface area contributed by atoms with Crippen LogP contribution in [0.5, 0.6) is 0 Å². The number of ketones is 1. The molecule has 19 heavy (non-hydrogen) atoms. The number of hydrogen-bond donors (Lipinski definition) is 2. The van der Waals surface area contributed by atoms with Gasteiger partial charge in [-0.2, -0.15) is 0 Å². The van der Waals surface area contributed by atoms with Crippen molar-refractivity contribution < 1.29 is 9.59 Å². The van der Waals surface area contributed by atoms with Crippen LogP contribution in [0.25, 0.3) is 10.9 Å². The number of primary amides is 1. The summed E-state index contributed by atoms with van der Waals surface area (Å²) in [5.74, 6) is 0.00436. The van der Waals surface area contributed by atoms with Crippen LogP contribution in [-0.4, -0.2) is 23.3 Å². The number of rotatable bonds is 1. The van der Waals surface area contributed by atoms with Gasteiger partial charge in [0.25, 0.3) is 0 Å². The quantitative estimate of drug-likeness (QED) is 0.771. The number of anilines is 1. The Balaban J connectivity index is 0.00000133. The fraction of sp³-hybridized carbons (Fsp3) is 0.286. The van der Waals surface area contributed by atoms with Crippen molar-refractivity contribution in [3.05, 3.63) is 29.5 Å². The molecule has 1 aliphatic rings. The van der Waals surface area contributed by atoms with Crippen LogP contribution < -0.4 is 10.6 Å². The predicted octanol–water partition coefficient (Wildman–Crippen LogP) is 2.45. The Kier molecular flexibility index (Phi) is 3.06. The van der Waals surface area contributed by atoms with Crippen LogP contribution in [0.1, 0.15) is 30.4 Å². The van der Waals surface area contributed by atoms with E-state index in [0.29, 0.717) is 12.2 Å². The number of hydrogen-bond acceptors (Lipinski definition) is 2. The van der Waals surface area contributed by atoms with Crippen LogP contribution >= 0.6 is 0 Å². The van der Waals surface area contributed by atoms with Gasteiger partial charge in [-0.1, -0.05) is 7.43 Å². The standard InChI is InChI=1S/C13H13N3O2.CH4/c1-7(17)11-6-9-8-4-5-16(13(14)18)12(8)3-2-10(9)15-11;/h2-3,6,15H,4-5H2,1H3,(H2,14,18);1H4. The number of nitrogens with zero attached hydrogens (tertiary/aromatic N) is 1. The first-order chi connectivity index (χ1) is 8.58. The second-order valence-electron chi connectivity index (χ2n) is 4.50. The molecule has 2 heterocycles. The lowest BCUT2D eigenvalue weighted by atomic mass is 10.1. The number of aromatic amines is 1. The molecule has 1 aliphatic heterocycles. The van der Waals surface area contributed by atoms with E-state index in [1.54, 1.807) is 4.90 Å². The van der Waals surface area contributed by atoms with Crippen LogP contribution in [0.4, 0.5) is 10.5 Å². The van der Waals surface area contributed by atoms with Crippen LogP contribution in [0, 0.1) is 0 Å². The number of fused-ring (bicyclic) bond motifs is 3. The van der Waals surface area contributed by atoms with Gasteiger partial charge in [0.2, 0.25) is 0 Å². The Bertz CT molecular complexity index is 673. The molecule has 0 atom stereocenters. The van der Waals surface area contributed by atoms with Gasteiger partial charge in [-0.15, -0.1) is 0 Å². The summed E-state index contributed by atoms with van der Waals surface area (Å²) in [5.41, 5.74) is 8.78. The zero-order valence-electron chi connectivity index (χ0n) is 9.99. The molecule has 2 aromatic rings. The van der Waals surface area contributed by atoms with Crippen molar-refractivity contribution in [2.45, 2.75) is 20.8 Å². The molecule has 0 bridgehead atoms. The third-order valence-electron chi connectivity index (χ3n) is 3.41. The maximum atomic E-state index is 11.4. The van der Waals surface area contributed by atoms with Gasteiger partial charge in [-0.3, -0.25) is 9.69 Å². The normalized spacial score (nSPS) is 13.2. The minimum atomic E-state index is -0.435. The monoisotopic (exact) mass is 259 g/mol. The summed E-state index contributed by atoms with van der Waals surface area (Å²) >= 11 is 0. The highest BCUT2D eigenvalue weighted by Gasteiger charge is 2.25. The molecular weight excluding hydrogens is 242 g/mol. The average molecular weight is 259 g/mol. The lowest BCUT2D eigenvalue weighted by molar-refractivity contribution is 0.101. The number of carbonyl (C=O) groups is 2. The smallest absolute Gasteiger partial charge is 0.319 e. The molecule has 2 amide bonds. The Morgan fingerprint density at radius 1 is 1.37 bits per heavy atom. The van der Waals surface area contributed by atoms with Crippen LogP contribution in [-0.2, 0) is 6.42 Å². The molecule has 100 valence electrons. The molecule has 0 saturated carbocycles. The number of carbonyl (C=O) groups excluding carboxylic acids is 2. The van der Waals surface area contributed by atoms with E-state index in [0.717, 1.165) is 28.6 Å². The van der Waals surface area contributed by atoms with Gasteiger partial charge in [0, 0.05) is 30.1 Å². The molecule has 3 N–H and O–H groups in total.